The average Bonchev–Trinajstić information content (AvgIpc) is 2.73. The number of rotatable bonds is 5. The molecule has 1 aromatic rings. The van der Waals surface area contributed by atoms with Gasteiger partial charge >= 0.3 is 5.97 Å². The van der Waals surface area contributed by atoms with E-state index in [0.717, 1.165) is 4.47 Å². The van der Waals surface area contributed by atoms with Crippen molar-refractivity contribution in [1.82, 2.24) is 9.88 Å². The Labute approximate surface area is 124 Å². The number of aromatic nitrogens is 1. The molecule has 1 saturated heterocycles. The van der Waals surface area contributed by atoms with Gasteiger partial charge in [-0.1, -0.05) is 0 Å². The van der Waals surface area contributed by atoms with Crippen LogP contribution in [0.4, 0.5) is 0 Å². The Morgan fingerprint density at radius 1 is 1.60 bits per heavy atom. The smallest absolute Gasteiger partial charge is 0.309 e. The lowest BCUT2D eigenvalue weighted by molar-refractivity contribution is -0.142. The summed E-state index contributed by atoms with van der Waals surface area (Å²) in [4.78, 5) is 29.0. The molecule has 0 saturated carbocycles. The molecule has 2 rings (SSSR count). The maximum absolute atomic E-state index is 12.0. The van der Waals surface area contributed by atoms with Gasteiger partial charge in [0.05, 0.1) is 18.6 Å². The van der Waals surface area contributed by atoms with Crippen molar-refractivity contribution in [3.05, 3.63) is 28.5 Å². The summed E-state index contributed by atoms with van der Waals surface area (Å²) in [5, 5.41) is 9.33. The highest BCUT2D eigenvalue weighted by atomic mass is 79.9. The van der Waals surface area contributed by atoms with Gasteiger partial charge in [0.25, 0.3) is 0 Å². The lowest BCUT2D eigenvalue weighted by Gasteiger charge is -2.26. The third-order valence-electron chi connectivity index (χ3n) is 3.35. The van der Waals surface area contributed by atoms with Crippen molar-refractivity contribution in [2.24, 2.45) is 5.92 Å². The number of nitrogens with zero attached hydrogens (tertiary/aromatic N) is 2. The van der Waals surface area contributed by atoms with E-state index >= 15 is 0 Å². The number of carbonyl (C=O) groups excluding carboxylic acids is 1. The van der Waals surface area contributed by atoms with Crippen LogP contribution in [0.3, 0.4) is 0 Å². The first-order valence-corrected chi connectivity index (χ1v) is 6.95. The molecular weight excluding hydrogens is 328 g/mol. The van der Waals surface area contributed by atoms with Gasteiger partial charge in [-0.2, -0.15) is 0 Å². The minimum atomic E-state index is -0.969. The van der Waals surface area contributed by atoms with Gasteiger partial charge < -0.3 is 14.7 Å². The Morgan fingerprint density at radius 2 is 2.35 bits per heavy atom. The first-order chi connectivity index (χ1) is 9.54. The van der Waals surface area contributed by atoms with Gasteiger partial charge in [-0.15, -0.1) is 0 Å². The topological polar surface area (TPSA) is 79.7 Å². The summed E-state index contributed by atoms with van der Waals surface area (Å²) in [6, 6.07) is 1.30. The fourth-order valence-electron chi connectivity index (χ4n) is 2.47. The number of aliphatic carboxylic acids is 1. The molecule has 1 aromatic heterocycles. The summed E-state index contributed by atoms with van der Waals surface area (Å²) in [5.41, 5.74) is 0.716. The Hall–Kier alpha value is -1.47. The monoisotopic (exact) mass is 342 g/mol. The zero-order valence-corrected chi connectivity index (χ0v) is 12.5. The molecule has 0 aliphatic carbocycles. The minimum absolute atomic E-state index is 0.0101. The highest BCUT2D eigenvalue weighted by molar-refractivity contribution is 9.10. The number of halogens is 1. The Morgan fingerprint density at radius 3 is 2.95 bits per heavy atom. The summed E-state index contributed by atoms with van der Waals surface area (Å²) in [7, 11) is 1.55. The van der Waals surface area contributed by atoms with Gasteiger partial charge in [0.1, 0.15) is 0 Å². The van der Waals surface area contributed by atoms with Crippen LogP contribution < -0.4 is 0 Å². The first-order valence-electron chi connectivity index (χ1n) is 6.16. The lowest BCUT2D eigenvalue weighted by Crippen LogP contribution is -2.33. The molecule has 2 atom stereocenters. The number of methoxy groups -OCH3 is 1. The van der Waals surface area contributed by atoms with Crippen LogP contribution in [0, 0.1) is 5.92 Å². The van der Waals surface area contributed by atoms with Crippen molar-refractivity contribution in [1.29, 1.82) is 0 Å². The lowest BCUT2D eigenvalue weighted by atomic mass is 9.95. The van der Waals surface area contributed by atoms with E-state index in [4.69, 9.17) is 4.74 Å². The van der Waals surface area contributed by atoms with Gasteiger partial charge in [-0.05, 0) is 27.6 Å². The number of amides is 1. The first kappa shape index (κ1) is 14.9. The van der Waals surface area contributed by atoms with E-state index in [9.17, 15) is 14.7 Å². The van der Waals surface area contributed by atoms with Gasteiger partial charge in [-0.25, -0.2) is 0 Å². The fourth-order valence-corrected chi connectivity index (χ4v) is 2.85. The highest BCUT2D eigenvalue weighted by Gasteiger charge is 2.44. The van der Waals surface area contributed by atoms with Crippen molar-refractivity contribution >= 4 is 27.8 Å². The van der Waals surface area contributed by atoms with E-state index in [1.807, 2.05) is 0 Å². The molecule has 1 aliphatic rings. The van der Waals surface area contributed by atoms with E-state index in [1.165, 1.54) is 0 Å². The summed E-state index contributed by atoms with van der Waals surface area (Å²) >= 11 is 3.32. The maximum atomic E-state index is 12.0. The molecule has 6 nitrogen and oxygen atoms in total. The zero-order chi connectivity index (χ0) is 14.7. The SMILES string of the molecule is COCCN1C(=O)CC(C(=O)O)C1c1cncc(Br)c1. The van der Waals surface area contributed by atoms with Crippen molar-refractivity contribution in [3.63, 3.8) is 0 Å². The van der Waals surface area contributed by atoms with E-state index in [-0.39, 0.29) is 12.3 Å². The molecule has 1 N–H and O–H groups in total. The van der Waals surface area contributed by atoms with Crippen LogP contribution in [0.15, 0.2) is 22.9 Å². The minimum Gasteiger partial charge on any atom is -0.481 e. The van der Waals surface area contributed by atoms with Crippen LogP contribution in [-0.4, -0.2) is 47.1 Å². The molecule has 0 spiro atoms. The molecule has 2 unspecified atom stereocenters. The van der Waals surface area contributed by atoms with E-state index in [1.54, 1.807) is 30.5 Å². The number of hydrogen-bond donors (Lipinski definition) is 1. The van der Waals surface area contributed by atoms with E-state index < -0.39 is 17.9 Å². The Balaban J connectivity index is 2.35. The molecule has 1 amide bonds. The quantitative estimate of drug-likeness (QED) is 0.876. The molecule has 108 valence electrons. The van der Waals surface area contributed by atoms with Gasteiger partial charge in [0.15, 0.2) is 0 Å². The predicted molar refractivity (Wildman–Crippen MR) is 74.0 cm³/mol. The Bertz CT molecular complexity index is 523. The van der Waals surface area contributed by atoms with Crippen LogP contribution >= 0.6 is 15.9 Å². The predicted octanol–water partition coefficient (Wildman–Crippen LogP) is 1.46. The third kappa shape index (κ3) is 2.99. The summed E-state index contributed by atoms with van der Waals surface area (Å²) in [6.07, 6.45) is 3.23. The van der Waals surface area contributed by atoms with Crippen LogP contribution in [0.5, 0.6) is 0 Å². The number of carbonyl (C=O) groups is 2. The molecular formula is C13H15BrN2O4. The third-order valence-corrected chi connectivity index (χ3v) is 3.79. The van der Waals surface area contributed by atoms with Crippen molar-refractivity contribution in [3.8, 4) is 0 Å². The second-order valence-electron chi connectivity index (χ2n) is 4.61. The van der Waals surface area contributed by atoms with Gasteiger partial charge in [0.2, 0.25) is 5.91 Å². The van der Waals surface area contributed by atoms with Gasteiger partial charge in [-0.3, -0.25) is 14.6 Å². The molecule has 2 heterocycles. The van der Waals surface area contributed by atoms with Crippen LogP contribution in [-0.2, 0) is 14.3 Å². The number of hydrogen-bond acceptors (Lipinski definition) is 4. The maximum Gasteiger partial charge on any atom is 0.309 e. The summed E-state index contributed by atoms with van der Waals surface area (Å²) < 4.78 is 5.74. The number of ether oxygens (including phenoxy) is 1. The normalized spacial score (nSPS) is 22.3. The van der Waals surface area contributed by atoms with E-state index in [2.05, 4.69) is 20.9 Å². The number of pyridine rings is 1. The highest BCUT2D eigenvalue weighted by Crippen LogP contribution is 2.38. The van der Waals surface area contributed by atoms with E-state index in [0.29, 0.717) is 18.7 Å². The standard InChI is InChI=1S/C13H15BrN2O4/c1-20-3-2-16-11(17)5-10(13(18)19)12(16)8-4-9(14)7-15-6-8/h4,6-7,10,12H,2-3,5H2,1H3,(H,18,19). The van der Waals surface area contributed by atoms with Crippen LogP contribution in [0.25, 0.3) is 0 Å². The second-order valence-corrected chi connectivity index (χ2v) is 5.53. The van der Waals surface area contributed by atoms with Crippen molar-refractivity contribution in [2.75, 3.05) is 20.3 Å². The van der Waals surface area contributed by atoms with Crippen molar-refractivity contribution in [2.45, 2.75) is 12.5 Å². The second kappa shape index (κ2) is 6.32. The summed E-state index contributed by atoms with van der Waals surface area (Å²) in [5.74, 6) is -1.89. The fraction of sp³-hybridized carbons (Fsp3) is 0.462. The average molecular weight is 343 g/mol. The molecule has 0 radical (unpaired) electrons. The Kier molecular flexibility index (Phi) is 4.72. The molecule has 1 fully saturated rings. The number of carboxylic acids is 1. The molecule has 0 bridgehead atoms. The molecule has 1 aliphatic heterocycles. The largest absolute Gasteiger partial charge is 0.481 e. The summed E-state index contributed by atoms with van der Waals surface area (Å²) in [6.45, 7) is 0.742. The molecule has 7 heteroatoms. The number of likely N-dealkylation sites (tertiary alicyclic amines) is 1. The zero-order valence-electron chi connectivity index (χ0n) is 11.0. The molecule has 0 aromatic carbocycles. The number of carboxylic acid groups (broad SMARTS) is 1. The van der Waals surface area contributed by atoms with Crippen LogP contribution in [0.2, 0.25) is 0 Å². The molecule has 20 heavy (non-hydrogen) atoms. The van der Waals surface area contributed by atoms with Crippen molar-refractivity contribution < 1.29 is 19.4 Å². The van der Waals surface area contributed by atoms with Crippen LogP contribution in [0.1, 0.15) is 18.0 Å². The van der Waals surface area contributed by atoms with Gasteiger partial charge in [0, 0.05) is 36.9 Å².